The summed E-state index contributed by atoms with van der Waals surface area (Å²) >= 11 is 0.984. The molecule has 5 N–H and O–H groups in total. The molecule has 0 aliphatic carbocycles. The van der Waals surface area contributed by atoms with E-state index in [2.05, 4.69) is 15.0 Å². The number of aryl methyl sites for hydroxylation is 1. The van der Waals surface area contributed by atoms with E-state index in [4.69, 9.17) is 10.1 Å². The standard InChI is InChI=1S/C21H22F2N4O3S/c1-3-12(10-28)25-19(24)17-20(29)27-31-21(17)26-15-8-7-13(9-11(15)2)30-16-6-4-5-14(22)18(16)23/h4-9,12,26,28H,3,10H2,1-2H3,(H2,24,25)(H,27,29). The number of anilines is 2. The Bertz CT molecular complexity index is 1090. The Morgan fingerprint density at radius 2 is 2.06 bits per heavy atom. The van der Waals surface area contributed by atoms with Crippen molar-refractivity contribution in [3.63, 3.8) is 0 Å². The summed E-state index contributed by atoms with van der Waals surface area (Å²) < 4.78 is 36.6. The number of rotatable bonds is 8. The molecule has 31 heavy (non-hydrogen) atoms. The lowest BCUT2D eigenvalue weighted by Crippen LogP contribution is -2.37. The zero-order valence-corrected chi connectivity index (χ0v) is 17.7. The van der Waals surface area contributed by atoms with Crippen LogP contribution >= 0.6 is 11.5 Å². The Morgan fingerprint density at radius 1 is 1.29 bits per heavy atom. The number of nitrogens with one attached hydrogen (secondary N) is 3. The van der Waals surface area contributed by atoms with Crippen molar-refractivity contribution in [2.75, 3.05) is 11.9 Å². The predicted molar refractivity (Wildman–Crippen MR) is 116 cm³/mol. The van der Waals surface area contributed by atoms with Gasteiger partial charge in [0.25, 0.3) is 0 Å². The molecule has 3 rings (SSSR count). The van der Waals surface area contributed by atoms with Gasteiger partial charge in [0.05, 0.1) is 12.6 Å². The molecule has 0 fully saturated rings. The third-order valence-corrected chi connectivity index (χ3v) is 5.33. The van der Waals surface area contributed by atoms with Gasteiger partial charge in [-0.2, -0.15) is 8.76 Å². The number of aliphatic hydroxyl groups excluding tert-OH is 1. The van der Waals surface area contributed by atoms with E-state index in [-0.39, 0.29) is 35.7 Å². The van der Waals surface area contributed by atoms with E-state index in [1.165, 1.54) is 12.1 Å². The fourth-order valence-electron chi connectivity index (χ4n) is 2.80. The lowest BCUT2D eigenvalue weighted by Gasteiger charge is -2.17. The highest BCUT2D eigenvalue weighted by Crippen LogP contribution is 2.35. The number of hydrogen-bond acceptors (Lipinski definition) is 7. The number of amidine groups is 1. The van der Waals surface area contributed by atoms with E-state index < -0.39 is 11.6 Å². The summed E-state index contributed by atoms with van der Waals surface area (Å²) in [5.74, 6) is -2.31. The number of ether oxygens (including phenoxy) is 1. The molecule has 1 heterocycles. The zero-order chi connectivity index (χ0) is 22.5. The summed E-state index contributed by atoms with van der Waals surface area (Å²) in [6, 6.07) is 8.30. The Kier molecular flexibility index (Phi) is 7.03. The van der Waals surface area contributed by atoms with Crippen LogP contribution in [-0.2, 0) is 0 Å². The summed E-state index contributed by atoms with van der Waals surface area (Å²) in [6.45, 7) is 3.52. The van der Waals surface area contributed by atoms with Gasteiger partial charge in [-0.25, -0.2) is 4.39 Å². The fourth-order valence-corrected chi connectivity index (χ4v) is 3.51. The van der Waals surface area contributed by atoms with Crippen LogP contribution in [0.1, 0.15) is 24.5 Å². The van der Waals surface area contributed by atoms with Crippen molar-refractivity contribution in [3.8, 4) is 17.4 Å². The number of nitrogens with zero attached hydrogens (tertiary/aromatic N) is 1. The van der Waals surface area contributed by atoms with Gasteiger partial charge in [0.2, 0.25) is 11.7 Å². The van der Waals surface area contributed by atoms with Gasteiger partial charge in [-0.05, 0) is 60.8 Å². The largest absolute Gasteiger partial charge is 0.492 e. The lowest BCUT2D eigenvalue weighted by molar-refractivity contribution is 0.252. The molecule has 0 amide bonds. The van der Waals surface area contributed by atoms with Crippen molar-refractivity contribution in [1.29, 1.82) is 5.41 Å². The molecule has 0 aliphatic heterocycles. The first-order valence-electron chi connectivity index (χ1n) is 9.48. The Hall–Kier alpha value is -3.24. The predicted octanol–water partition coefficient (Wildman–Crippen LogP) is 4.66. The molecule has 2 aromatic carbocycles. The highest BCUT2D eigenvalue weighted by molar-refractivity contribution is 7.11. The molecule has 0 bridgehead atoms. The van der Waals surface area contributed by atoms with E-state index in [0.717, 1.165) is 23.2 Å². The second-order valence-electron chi connectivity index (χ2n) is 6.77. The fraction of sp³-hybridized carbons (Fsp3) is 0.238. The minimum Gasteiger partial charge on any atom is -0.492 e. The van der Waals surface area contributed by atoms with Crippen LogP contribution in [0.4, 0.5) is 19.5 Å². The van der Waals surface area contributed by atoms with Gasteiger partial charge in [-0.3, -0.25) is 5.41 Å². The molecule has 164 valence electrons. The summed E-state index contributed by atoms with van der Waals surface area (Å²) in [5.41, 5.74) is 1.58. The van der Waals surface area contributed by atoms with E-state index in [9.17, 15) is 19.0 Å². The highest BCUT2D eigenvalue weighted by atomic mass is 32.1. The molecular formula is C21H22F2N4O3S. The Labute approximate surface area is 182 Å². The molecule has 0 aliphatic rings. The summed E-state index contributed by atoms with van der Waals surface area (Å²) in [7, 11) is 0. The Balaban J connectivity index is 1.80. The maximum Gasteiger partial charge on any atom is 0.236 e. The van der Waals surface area contributed by atoms with Gasteiger partial charge >= 0.3 is 0 Å². The molecule has 1 aromatic heterocycles. The number of halogens is 2. The van der Waals surface area contributed by atoms with Crippen LogP contribution in [0.15, 0.2) is 36.4 Å². The summed E-state index contributed by atoms with van der Waals surface area (Å²) in [6.07, 6.45) is 0.604. The molecule has 1 atom stereocenters. The van der Waals surface area contributed by atoms with Crippen molar-refractivity contribution >= 4 is 28.1 Å². The minimum absolute atomic E-state index is 0.0613. The van der Waals surface area contributed by atoms with Crippen molar-refractivity contribution < 1.29 is 23.7 Å². The topological polar surface area (TPSA) is 110 Å². The molecule has 1 unspecified atom stereocenters. The number of hydrogen-bond donors (Lipinski definition) is 5. The number of benzene rings is 2. The number of aromatic nitrogens is 1. The second-order valence-corrected chi connectivity index (χ2v) is 7.55. The molecule has 0 saturated carbocycles. The van der Waals surface area contributed by atoms with Gasteiger partial charge < -0.3 is 25.6 Å². The second kappa shape index (κ2) is 9.71. The minimum atomic E-state index is -1.06. The monoisotopic (exact) mass is 448 g/mol. The zero-order valence-electron chi connectivity index (χ0n) is 16.9. The number of aromatic hydroxyl groups is 1. The molecule has 10 heteroatoms. The molecule has 3 aromatic rings. The normalized spacial score (nSPS) is 11.8. The van der Waals surface area contributed by atoms with Gasteiger partial charge in [0, 0.05) is 5.69 Å². The average Bonchev–Trinajstić information content (AvgIpc) is 3.11. The summed E-state index contributed by atoms with van der Waals surface area (Å²) in [5, 5.41) is 34.1. The first-order chi connectivity index (χ1) is 14.8. The van der Waals surface area contributed by atoms with Crippen molar-refractivity contribution in [2.45, 2.75) is 26.3 Å². The lowest BCUT2D eigenvalue weighted by atomic mass is 10.1. The first-order valence-corrected chi connectivity index (χ1v) is 10.3. The number of aliphatic hydroxyl groups is 1. The van der Waals surface area contributed by atoms with E-state index >= 15 is 0 Å². The third-order valence-electron chi connectivity index (χ3n) is 4.58. The van der Waals surface area contributed by atoms with Gasteiger partial charge in [-0.1, -0.05) is 13.0 Å². The highest BCUT2D eigenvalue weighted by Gasteiger charge is 2.20. The molecule has 7 nitrogen and oxygen atoms in total. The van der Waals surface area contributed by atoms with Crippen molar-refractivity contribution in [1.82, 2.24) is 9.69 Å². The van der Waals surface area contributed by atoms with Gasteiger partial charge in [0.1, 0.15) is 22.1 Å². The summed E-state index contributed by atoms with van der Waals surface area (Å²) in [4.78, 5) is 0. The molecular weight excluding hydrogens is 426 g/mol. The first kappa shape index (κ1) is 22.4. The molecule has 0 radical (unpaired) electrons. The van der Waals surface area contributed by atoms with Crippen LogP contribution < -0.4 is 15.4 Å². The smallest absolute Gasteiger partial charge is 0.236 e. The maximum absolute atomic E-state index is 13.8. The van der Waals surface area contributed by atoms with Crippen molar-refractivity contribution in [2.24, 2.45) is 0 Å². The quantitative estimate of drug-likeness (QED) is 0.253. The van der Waals surface area contributed by atoms with E-state index in [1.807, 2.05) is 6.92 Å². The van der Waals surface area contributed by atoms with E-state index in [1.54, 1.807) is 25.1 Å². The van der Waals surface area contributed by atoms with Gasteiger partial charge in [-0.15, -0.1) is 0 Å². The van der Waals surface area contributed by atoms with Crippen LogP contribution in [0.25, 0.3) is 0 Å². The SMILES string of the molecule is CCC(CO)NC(=N)c1c(O)nsc1Nc1ccc(Oc2cccc(F)c2F)cc1C. The van der Waals surface area contributed by atoms with Crippen molar-refractivity contribution in [3.05, 3.63) is 59.2 Å². The van der Waals surface area contributed by atoms with Crippen LogP contribution in [0.2, 0.25) is 0 Å². The van der Waals surface area contributed by atoms with Crippen LogP contribution in [-0.4, -0.2) is 33.1 Å². The maximum atomic E-state index is 13.8. The van der Waals surface area contributed by atoms with Crippen LogP contribution in [0.3, 0.4) is 0 Å². The third kappa shape index (κ3) is 5.09. The Morgan fingerprint density at radius 3 is 2.74 bits per heavy atom. The average molecular weight is 448 g/mol. The van der Waals surface area contributed by atoms with E-state index in [0.29, 0.717) is 22.9 Å². The van der Waals surface area contributed by atoms with Gasteiger partial charge in [0.15, 0.2) is 11.6 Å². The van der Waals surface area contributed by atoms with Crippen LogP contribution in [0.5, 0.6) is 17.4 Å². The van der Waals surface area contributed by atoms with Crippen LogP contribution in [0, 0.1) is 24.0 Å². The molecule has 0 spiro atoms. The molecule has 0 saturated heterocycles.